The van der Waals surface area contributed by atoms with Crippen LogP contribution >= 0.6 is 0 Å². The lowest BCUT2D eigenvalue weighted by Gasteiger charge is -2.13. The molecule has 120 valence electrons. The number of hydrogen-bond acceptors (Lipinski definition) is 5. The van der Waals surface area contributed by atoms with Crippen LogP contribution in [0.15, 0.2) is 24.3 Å². The van der Waals surface area contributed by atoms with E-state index in [1.54, 1.807) is 0 Å². The van der Waals surface area contributed by atoms with Crippen LogP contribution in [-0.4, -0.2) is 37.7 Å². The van der Waals surface area contributed by atoms with E-state index in [9.17, 15) is 23.2 Å². The van der Waals surface area contributed by atoms with Gasteiger partial charge in [0.05, 0.1) is 5.56 Å². The second-order valence-electron chi connectivity index (χ2n) is 4.02. The molecule has 1 rings (SSSR count). The smallest absolute Gasteiger partial charge is 0.387 e. The first-order valence-electron chi connectivity index (χ1n) is 6.12. The third-order valence-electron chi connectivity index (χ3n) is 2.41. The molecular weight excluding hydrogens is 302 g/mol. The molecule has 7 nitrogen and oxygen atoms in total. The van der Waals surface area contributed by atoms with Crippen LogP contribution in [0.3, 0.4) is 0 Å². The maximum Gasteiger partial charge on any atom is 0.387 e. The number of esters is 1. The maximum atomic E-state index is 12.1. The Labute approximate surface area is 124 Å². The molecule has 22 heavy (non-hydrogen) atoms. The fraction of sp³-hybridized carbons (Fsp3) is 0.308. The van der Waals surface area contributed by atoms with Gasteiger partial charge in [-0.2, -0.15) is 8.78 Å². The average Bonchev–Trinajstić information content (AvgIpc) is 2.46. The van der Waals surface area contributed by atoms with E-state index >= 15 is 0 Å². The quantitative estimate of drug-likeness (QED) is 0.798. The molecule has 0 radical (unpaired) electrons. The summed E-state index contributed by atoms with van der Waals surface area (Å²) in [6.07, 6.45) is -1.25. The molecule has 0 aliphatic carbocycles. The van der Waals surface area contributed by atoms with Crippen molar-refractivity contribution in [3.8, 4) is 5.75 Å². The van der Waals surface area contributed by atoms with Gasteiger partial charge in [-0.3, -0.25) is 10.1 Å². The van der Waals surface area contributed by atoms with E-state index in [0.717, 1.165) is 6.07 Å². The first-order valence-corrected chi connectivity index (χ1v) is 6.12. The molecule has 0 aliphatic heterocycles. The number of rotatable bonds is 5. The Morgan fingerprint density at radius 1 is 1.23 bits per heavy atom. The van der Waals surface area contributed by atoms with Gasteiger partial charge in [0.1, 0.15) is 5.75 Å². The van der Waals surface area contributed by atoms with E-state index < -0.39 is 30.6 Å². The van der Waals surface area contributed by atoms with E-state index in [1.807, 2.05) is 5.32 Å². The fourth-order valence-corrected chi connectivity index (χ4v) is 1.36. The molecule has 1 aromatic rings. The Morgan fingerprint density at radius 3 is 2.50 bits per heavy atom. The van der Waals surface area contributed by atoms with Crippen LogP contribution in [0, 0.1) is 0 Å². The average molecular weight is 316 g/mol. The maximum absolute atomic E-state index is 12.1. The van der Waals surface area contributed by atoms with Gasteiger partial charge in [0, 0.05) is 7.05 Å². The standard InChI is InChI=1S/C13H14F2N2O5/c1-7(10(18)17-13(20)16-2)21-11(19)8-4-3-5-9(6-8)22-12(14)15/h3-7,12H,1-2H3,(H2,16,17,18,20)/t7-/m0/s1. The molecular formula is C13H14F2N2O5. The molecule has 0 heterocycles. The number of ether oxygens (including phenoxy) is 2. The van der Waals surface area contributed by atoms with Crippen LogP contribution in [0.25, 0.3) is 0 Å². The van der Waals surface area contributed by atoms with Gasteiger partial charge in [-0.25, -0.2) is 9.59 Å². The minimum atomic E-state index is -3.02. The van der Waals surface area contributed by atoms with Crippen LogP contribution in [0.2, 0.25) is 0 Å². The van der Waals surface area contributed by atoms with Gasteiger partial charge in [-0.1, -0.05) is 6.07 Å². The monoisotopic (exact) mass is 316 g/mol. The number of carbonyl (C=O) groups is 3. The SMILES string of the molecule is CNC(=O)NC(=O)[C@H](C)OC(=O)c1cccc(OC(F)F)c1. The van der Waals surface area contributed by atoms with Crippen molar-refractivity contribution in [1.82, 2.24) is 10.6 Å². The molecule has 2 N–H and O–H groups in total. The molecule has 0 saturated heterocycles. The Bertz CT molecular complexity index is 565. The number of nitrogens with one attached hydrogen (secondary N) is 2. The molecule has 0 aliphatic rings. The predicted molar refractivity (Wildman–Crippen MR) is 70.5 cm³/mol. The van der Waals surface area contributed by atoms with Crippen molar-refractivity contribution in [1.29, 1.82) is 0 Å². The van der Waals surface area contributed by atoms with Gasteiger partial charge in [0.15, 0.2) is 6.10 Å². The summed E-state index contributed by atoms with van der Waals surface area (Å²) < 4.78 is 33.2. The van der Waals surface area contributed by atoms with E-state index in [-0.39, 0.29) is 11.3 Å². The summed E-state index contributed by atoms with van der Waals surface area (Å²) >= 11 is 0. The summed E-state index contributed by atoms with van der Waals surface area (Å²) in [4.78, 5) is 34.3. The molecule has 3 amide bonds. The number of imide groups is 1. The number of alkyl halides is 2. The van der Waals surface area contributed by atoms with Crippen LogP contribution in [0.4, 0.5) is 13.6 Å². The summed E-state index contributed by atoms with van der Waals surface area (Å²) in [6.45, 7) is -1.76. The minimum Gasteiger partial charge on any atom is -0.449 e. The van der Waals surface area contributed by atoms with Gasteiger partial charge in [-0.05, 0) is 25.1 Å². The molecule has 0 bridgehead atoms. The summed E-state index contributed by atoms with van der Waals surface area (Å²) in [5.41, 5.74) is -0.0715. The zero-order valence-corrected chi connectivity index (χ0v) is 11.8. The zero-order chi connectivity index (χ0) is 16.7. The third kappa shape index (κ3) is 5.35. The van der Waals surface area contributed by atoms with Crippen LogP contribution in [0.1, 0.15) is 17.3 Å². The lowest BCUT2D eigenvalue weighted by Crippen LogP contribution is -2.43. The number of urea groups is 1. The highest BCUT2D eigenvalue weighted by atomic mass is 19.3. The van der Waals surface area contributed by atoms with Crippen molar-refractivity contribution in [2.24, 2.45) is 0 Å². The second kappa shape index (κ2) is 7.91. The van der Waals surface area contributed by atoms with Gasteiger partial charge in [0.25, 0.3) is 5.91 Å². The normalized spacial score (nSPS) is 11.5. The van der Waals surface area contributed by atoms with Gasteiger partial charge >= 0.3 is 18.6 Å². The first kappa shape index (κ1) is 17.3. The van der Waals surface area contributed by atoms with Crippen molar-refractivity contribution in [3.63, 3.8) is 0 Å². The molecule has 1 aromatic carbocycles. The fourth-order valence-electron chi connectivity index (χ4n) is 1.36. The van der Waals surface area contributed by atoms with E-state index in [2.05, 4.69) is 10.1 Å². The summed E-state index contributed by atoms with van der Waals surface area (Å²) in [5.74, 6) is -1.96. The van der Waals surface area contributed by atoms with E-state index in [4.69, 9.17) is 4.74 Å². The highest BCUT2D eigenvalue weighted by Crippen LogP contribution is 2.17. The predicted octanol–water partition coefficient (Wildman–Crippen LogP) is 1.29. The molecule has 9 heteroatoms. The van der Waals surface area contributed by atoms with Crippen LogP contribution in [-0.2, 0) is 9.53 Å². The molecule has 0 spiro atoms. The number of amides is 3. The minimum absolute atomic E-state index is 0.0715. The number of hydrogen-bond donors (Lipinski definition) is 2. The molecule has 0 aromatic heterocycles. The lowest BCUT2D eigenvalue weighted by molar-refractivity contribution is -0.127. The van der Waals surface area contributed by atoms with Crippen molar-refractivity contribution < 1.29 is 32.6 Å². The topological polar surface area (TPSA) is 93.7 Å². The zero-order valence-electron chi connectivity index (χ0n) is 11.8. The van der Waals surface area contributed by atoms with E-state index in [0.29, 0.717) is 0 Å². The highest BCUT2D eigenvalue weighted by molar-refractivity contribution is 5.98. The highest BCUT2D eigenvalue weighted by Gasteiger charge is 2.20. The van der Waals surface area contributed by atoms with Gasteiger partial charge in [0.2, 0.25) is 0 Å². The van der Waals surface area contributed by atoms with Crippen molar-refractivity contribution in [2.45, 2.75) is 19.6 Å². The van der Waals surface area contributed by atoms with Crippen LogP contribution < -0.4 is 15.4 Å². The lowest BCUT2D eigenvalue weighted by atomic mass is 10.2. The van der Waals surface area contributed by atoms with Gasteiger partial charge in [-0.15, -0.1) is 0 Å². The number of benzene rings is 1. The Morgan fingerprint density at radius 2 is 1.91 bits per heavy atom. The largest absolute Gasteiger partial charge is 0.449 e. The summed E-state index contributed by atoms with van der Waals surface area (Å²) in [6, 6.07) is 4.18. The van der Waals surface area contributed by atoms with E-state index in [1.165, 1.54) is 32.2 Å². The van der Waals surface area contributed by atoms with Crippen LogP contribution in [0.5, 0.6) is 5.75 Å². The van der Waals surface area contributed by atoms with Gasteiger partial charge < -0.3 is 14.8 Å². The molecule has 1 atom stereocenters. The Kier molecular flexibility index (Phi) is 6.24. The number of carbonyl (C=O) groups excluding carboxylic acids is 3. The molecule has 0 saturated carbocycles. The summed E-state index contributed by atoms with van der Waals surface area (Å²) in [5, 5.41) is 4.10. The Hall–Kier alpha value is -2.71. The van der Waals surface area contributed by atoms with Crippen molar-refractivity contribution in [2.75, 3.05) is 7.05 Å². The number of halogens is 2. The first-order chi connectivity index (χ1) is 10.3. The molecule has 0 fully saturated rings. The Balaban J connectivity index is 2.68. The molecule has 0 unspecified atom stereocenters. The second-order valence-corrected chi connectivity index (χ2v) is 4.02. The third-order valence-corrected chi connectivity index (χ3v) is 2.41. The van der Waals surface area contributed by atoms with Crippen molar-refractivity contribution in [3.05, 3.63) is 29.8 Å². The van der Waals surface area contributed by atoms with Crippen molar-refractivity contribution >= 4 is 17.9 Å². The summed E-state index contributed by atoms with van der Waals surface area (Å²) in [7, 11) is 1.31.